The third-order valence-corrected chi connectivity index (χ3v) is 7.45. The molecular formula is C30H44N6O4-2. The second kappa shape index (κ2) is 16.5. The van der Waals surface area contributed by atoms with E-state index in [1.54, 1.807) is 12.4 Å². The number of unbranched alkanes of at least 4 members (excludes halogenated alkanes) is 5. The molecule has 220 valence electrons. The highest BCUT2D eigenvalue weighted by Crippen LogP contribution is 2.34. The standard InChI is InChI=1S/C30H45N6O4/c1-2-3-4-5-6-7-9-21(16-22-12-14-28(38)33-19-22)11-13-25(35-27-10-8-15-32-27)24(18-29(39)40)26-17-23(20-37)34-30(31)36-26/h8,10,12,14-15,18-19,21,23,25-26,32,37H,2-7,9,11,13,16-17,20H2,1H3,(H,33,38)(H,39,40)(H3,31,34,36)/q-1/p-1. The summed E-state index contributed by atoms with van der Waals surface area (Å²) in [6.07, 6.45) is 15.6. The molecular weight excluding hydrogens is 508 g/mol. The SMILES string of the molecule is CCCCCCCCC(CCC([N-]c1ccc[nH]1)C(=CC(=O)O)C1CC(CO)NC(N)=N1)Cc1ccc([O-])nc1. The van der Waals surface area contributed by atoms with E-state index in [2.05, 4.69) is 27.2 Å². The van der Waals surface area contributed by atoms with Crippen molar-refractivity contribution < 1.29 is 20.1 Å². The minimum Gasteiger partial charge on any atom is -0.859 e. The number of carbonyl (C=O) groups is 1. The maximum absolute atomic E-state index is 11.9. The van der Waals surface area contributed by atoms with E-state index in [-0.39, 0.29) is 24.5 Å². The monoisotopic (exact) mass is 552 g/mol. The molecule has 10 heteroatoms. The van der Waals surface area contributed by atoms with Crippen LogP contribution in [0.15, 0.2) is 53.3 Å². The molecule has 40 heavy (non-hydrogen) atoms. The number of guanidine groups is 1. The number of aliphatic hydroxyl groups is 1. The Morgan fingerprint density at radius 2 is 2.00 bits per heavy atom. The summed E-state index contributed by atoms with van der Waals surface area (Å²) >= 11 is 0. The van der Waals surface area contributed by atoms with Crippen LogP contribution in [0.2, 0.25) is 0 Å². The molecule has 1 aliphatic rings. The van der Waals surface area contributed by atoms with Crippen LogP contribution < -0.4 is 16.2 Å². The summed E-state index contributed by atoms with van der Waals surface area (Å²) in [5.41, 5.74) is 7.60. The van der Waals surface area contributed by atoms with Crippen molar-refractivity contribution in [1.82, 2.24) is 15.3 Å². The van der Waals surface area contributed by atoms with Gasteiger partial charge in [-0.25, -0.2) is 9.79 Å². The molecule has 10 nitrogen and oxygen atoms in total. The number of hydrogen-bond acceptors (Lipinski definition) is 7. The van der Waals surface area contributed by atoms with Crippen molar-refractivity contribution in [3.63, 3.8) is 0 Å². The molecule has 0 aromatic carbocycles. The average molecular weight is 553 g/mol. The predicted octanol–water partition coefficient (Wildman–Crippen LogP) is 4.30. The first kappa shape index (κ1) is 31.0. The van der Waals surface area contributed by atoms with Crippen LogP contribution in [0.4, 0.5) is 5.82 Å². The summed E-state index contributed by atoms with van der Waals surface area (Å²) in [5.74, 6) is -0.145. The van der Waals surface area contributed by atoms with Gasteiger partial charge in [-0.2, -0.15) is 0 Å². The van der Waals surface area contributed by atoms with Crippen LogP contribution >= 0.6 is 0 Å². The van der Waals surface area contributed by atoms with E-state index < -0.39 is 18.1 Å². The number of nitrogens with one attached hydrogen (secondary N) is 2. The van der Waals surface area contributed by atoms with Gasteiger partial charge in [-0.15, -0.1) is 0 Å². The van der Waals surface area contributed by atoms with E-state index in [0.29, 0.717) is 30.2 Å². The van der Waals surface area contributed by atoms with Crippen molar-refractivity contribution >= 4 is 17.7 Å². The fourth-order valence-electron chi connectivity index (χ4n) is 5.38. The molecule has 4 atom stereocenters. The van der Waals surface area contributed by atoms with Gasteiger partial charge in [0.15, 0.2) is 5.96 Å². The van der Waals surface area contributed by atoms with Crippen molar-refractivity contribution in [3.05, 3.63) is 59.2 Å². The fourth-order valence-corrected chi connectivity index (χ4v) is 5.38. The summed E-state index contributed by atoms with van der Waals surface area (Å²) in [5, 5.41) is 38.9. The highest BCUT2D eigenvalue weighted by atomic mass is 16.4. The van der Waals surface area contributed by atoms with E-state index >= 15 is 0 Å². The maximum atomic E-state index is 11.9. The van der Waals surface area contributed by atoms with Gasteiger partial charge in [-0.05, 0) is 54.7 Å². The molecule has 4 unspecified atom stereocenters. The predicted molar refractivity (Wildman–Crippen MR) is 155 cm³/mol. The Bertz CT molecular complexity index is 1070. The van der Waals surface area contributed by atoms with Crippen molar-refractivity contribution in [1.29, 1.82) is 0 Å². The summed E-state index contributed by atoms with van der Waals surface area (Å²) in [6, 6.07) is 5.79. The molecule has 0 saturated heterocycles. The van der Waals surface area contributed by atoms with Crippen molar-refractivity contribution in [2.75, 3.05) is 6.61 Å². The summed E-state index contributed by atoms with van der Waals surface area (Å²) in [7, 11) is 0. The van der Waals surface area contributed by atoms with Crippen LogP contribution in [0.5, 0.6) is 5.88 Å². The Kier molecular flexibility index (Phi) is 12.8. The highest BCUT2D eigenvalue weighted by molar-refractivity contribution is 5.83. The number of H-pyrrole nitrogens is 1. The lowest BCUT2D eigenvalue weighted by atomic mass is 9.85. The number of aromatic amines is 1. The van der Waals surface area contributed by atoms with E-state index in [4.69, 9.17) is 11.1 Å². The molecule has 1 aliphatic heterocycles. The molecule has 0 spiro atoms. The largest absolute Gasteiger partial charge is 0.859 e. The number of aliphatic carboxylic acids is 1. The van der Waals surface area contributed by atoms with Gasteiger partial charge in [0.25, 0.3) is 0 Å². The number of rotatable bonds is 18. The Morgan fingerprint density at radius 1 is 1.20 bits per heavy atom. The normalized spacial score (nSPS) is 18.9. The Morgan fingerprint density at radius 3 is 2.67 bits per heavy atom. The number of nitrogens with zero attached hydrogens (tertiary/aromatic N) is 3. The number of hydrogen-bond donors (Lipinski definition) is 5. The second-order valence-electron chi connectivity index (χ2n) is 10.7. The number of aliphatic imine (C=N–C) groups is 1. The van der Waals surface area contributed by atoms with Gasteiger partial charge < -0.3 is 36.7 Å². The zero-order valence-electron chi connectivity index (χ0n) is 23.5. The van der Waals surface area contributed by atoms with Gasteiger partial charge in [0, 0.05) is 12.3 Å². The van der Waals surface area contributed by atoms with Crippen LogP contribution in [0, 0.1) is 5.92 Å². The quantitative estimate of drug-likeness (QED) is 0.135. The number of aliphatic hydroxyl groups excluding tert-OH is 1. The smallest absolute Gasteiger partial charge is 0.328 e. The zero-order chi connectivity index (χ0) is 28.7. The highest BCUT2D eigenvalue weighted by Gasteiger charge is 2.28. The first-order chi connectivity index (χ1) is 19.4. The molecule has 0 fully saturated rings. The van der Waals surface area contributed by atoms with Crippen molar-refractivity contribution in [2.45, 2.75) is 95.7 Å². The van der Waals surface area contributed by atoms with Crippen LogP contribution in [-0.2, 0) is 11.2 Å². The number of nitrogens with two attached hydrogens (primary N) is 1. The number of aromatic nitrogens is 2. The summed E-state index contributed by atoms with van der Waals surface area (Å²) in [6.45, 7) is 2.08. The molecule has 3 rings (SSSR count). The number of pyridine rings is 1. The van der Waals surface area contributed by atoms with Gasteiger partial charge in [0.1, 0.15) is 0 Å². The molecule has 2 aromatic heterocycles. The molecule has 0 bridgehead atoms. The third-order valence-electron chi connectivity index (χ3n) is 7.45. The first-order valence-electron chi connectivity index (χ1n) is 14.5. The molecule has 0 amide bonds. The van der Waals surface area contributed by atoms with E-state index in [0.717, 1.165) is 31.2 Å². The van der Waals surface area contributed by atoms with Crippen LogP contribution in [0.3, 0.4) is 0 Å². The van der Waals surface area contributed by atoms with E-state index in [9.17, 15) is 20.1 Å². The molecule has 3 heterocycles. The fraction of sp³-hybridized carbons (Fsp3) is 0.567. The van der Waals surface area contributed by atoms with Crippen LogP contribution in [0.25, 0.3) is 5.32 Å². The minimum absolute atomic E-state index is 0.137. The number of carboxylic acid groups (broad SMARTS) is 1. The van der Waals surface area contributed by atoms with Crippen molar-refractivity contribution in [2.24, 2.45) is 16.6 Å². The first-order valence-corrected chi connectivity index (χ1v) is 14.5. The van der Waals surface area contributed by atoms with Crippen LogP contribution in [-0.4, -0.2) is 56.8 Å². The minimum atomic E-state index is -1.07. The van der Waals surface area contributed by atoms with Crippen LogP contribution in [0.1, 0.15) is 76.7 Å². The molecule has 6 N–H and O–H groups in total. The summed E-state index contributed by atoms with van der Waals surface area (Å²) < 4.78 is 0. The lowest BCUT2D eigenvalue weighted by Crippen LogP contribution is -2.49. The molecule has 2 aromatic rings. The zero-order valence-corrected chi connectivity index (χ0v) is 23.5. The lowest BCUT2D eigenvalue weighted by molar-refractivity contribution is -0.275. The average Bonchev–Trinajstić information content (AvgIpc) is 3.45. The molecule has 0 radical (unpaired) electrons. The van der Waals surface area contributed by atoms with Gasteiger partial charge in [0.2, 0.25) is 0 Å². The van der Waals surface area contributed by atoms with E-state index in [1.165, 1.54) is 44.2 Å². The Hall–Kier alpha value is -3.53. The Labute approximate surface area is 237 Å². The van der Waals surface area contributed by atoms with E-state index in [1.807, 2.05) is 18.2 Å². The van der Waals surface area contributed by atoms with Gasteiger partial charge in [-0.1, -0.05) is 88.1 Å². The topological polar surface area (TPSA) is 174 Å². The van der Waals surface area contributed by atoms with Gasteiger partial charge >= 0.3 is 5.97 Å². The lowest BCUT2D eigenvalue weighted by Gasteiger charge is -2.35. The van der Waals surface area contributed by atoms with Gasteiger partial charge in [-0.3, -0.25) is 4.98 Å². The third kappa shape index (κ3) is 10.6. The maximum Gasteiger partial charge on any atom is 0.328 e. The molecule has 0 aliphatic carbocycles. The molecule has 0 saturated carbocycles. The van der Waals surface area contributed by atoms with Gasteiger partial charge in [0.05, 0.1) is 18.7 Å². The summed E-state index contributed by atoms with van der Waals surface area (Å²) in [4.78, 5) is 23.5. The Balaban J connectivity index is 1.80. The second-order valence-corrected chi connectivity index (χ2v) is 10.7. The van der Waals surface area contributed by atoms with Crippen molar-refractivity contribution in [3.8, 4) is 5.88 Å². The number of carboxylic acids is 1.